The van der Waals surface area contributed by atoms with Crippen LogP contribution in [-0.2, 0) is 6.54 Å². The van der Waals surface area contributed by atoms with Crippen molar-refractivity contribution in [1.29, 1.82) is 0 Å². The highest BCUT2D eigenvalue weighted by molar-refractivity contribution is 6.35. The van der Waals surface area contributed by atoms with E-state index >= 15 is 0 Å². The minimum atomic E-state index is -0.490. The second-order valence-corrected chi connectivity index (χ2v) is 5.21. The molecule has 2 rings (SSSR count). The number of hydrogen-bond acceptors (Lipinski definition) is 2. The molecule has 0 saturated heterocycles. The van der Waals surface area contributed by atoms with Gasteiger partial charge in [-0.1, -0.05) is 35.3 Å². The first-order valence-corrected chi connectivity index (χ1v) is 6.85. The van der Waals surface area contributed by atoms with Crippen molar-refractivity contribution in [3.63, 3.8) is 0 Å². The summed E-state index contributed by atoms with van der Waals surface area (Å²) in [4.78, 5) is 23.0. The Hall–Kier alpha value is -2.04. The fourth-order valence-corrected chi connectivity index (χ4v) is 2.11. The summed E-state index contributed by atoms with van der Waals surface area (Å²) in [5.41, 5.74) is 6.73. The van der Waals surface area contributed by atoms with Gasteiger partial charge in [0.15, 0.2) is 0 Å². The molecule has 0 saturated carbocycles. The van der Waals surface area contributed by atoms with Gasteiger partial charge in [0.1, 0.15) is 0 Å². The summed E-state index contributed by atoms with van der Waals surface area (Å²) in [6.07, 6.45) is 0. The first-order valence-electron chi connectivity index (χ1n) is 6.09. The van der Waals surface area contributed by atoms with Crippen molar-refractivity contribution in [2.45, 2.75) is 6.54 Å². The van der Waals surface area contributed by atoms with Gasteiger partial charge in [-0.25, -0.2) is 0 Å². The van der Waals surface area contributed by atoms with Gasteiger partial charge in [-0.15, -0.1) is 0 Å². The number of nitrogens with two attached hydrogens (primary N) is 1. The van der Waals surface area contributed by atoms with Crippen molar-refractivity contribution in [3.05, 3.63) is 69.2 Å². The maximum atomic E-state index is 12.0. The van der Waals surface area contributed by atoms with Gasteiger partial charge in [-0.2, -0.15) is 0 Å². The number of carbonyl (C=O) groups is 2. The van der Waals surface area contributed by atoms with E-state index in [4.69, 9.17) is 28.9 Å². The third-order valence-corrected chi connectivity index (χ3v) is 3.43. The van der Waals surface area contributed by atoms with Crippen molar-refractivity contribution >= 4 is 35.0 Å². The second kappa shape index (κ2) is 6.61. The molecule has 21 heavy (non-hydrogen) atoms. The molecule has 2 aromatic carbocycles. The van der Waals surface area contributed by atoms with E-state index in [1.165, 1.54) is 6.07 Å². The Labute approximate surface area is 131 Å². The lowest BCUT2D eigenvalue weighted by atomic mass is 10.1. The Kier molecular flexibility index (Phi) is 4.83. The predicted molar refractivity (Wildman–Crippen MR) is 82.6 cm³/mol. The summed E-state index contributed by atoms with van der Waals surface area (Å²) >= 11 is 11.8. The molecular formula is C15H12Cl2N2O2. The van der Waals surface area contributed by atoms with Crippen molar-refractivity contribution in [2.24, 2.45) is 5.73 Å². The molecule has 0 bridgehead atoms. The minimum Gasteiger partial charge on any atom is -0.366 e. The molecule has 4 nitrogen and oxygen atoms in total. The van der Waals surface area contributed by atoms with E-state index in [2.05, 4.69) is 5.32 Å². The number of amides is 2. The van der Waals surface area contributed by atoms with E-state index < -0.39 is 5.91 Å². The molecule has 3 N–H and O–H groups in total. The number of carbonyl (C=O) groups excluding carboxylic acids is 2. The molecule has 2 amide bonds. The van der Waals surface area contributed by atoms with Crippen molar-refractivity contribution < 1.29 is 9.59 Å². The average Bonchev–Trinajstić information content (AvgIpc) is 2.47. The molecule has 0 aliphatic heterocycles. The van der Waals surface area contributed by atoms with E-state index in [-0.39, 0.29) is 5.91 Å². The maximum Gasteiger partial charge on any atom is 0.253 e. The van der Waals surface area contributed by atoms with Gasteiger partial charge in [0.25, 0.3) is 5.91 Å². The summed E-state index contributed by atoms with van der Waals surface area (Å²) in [5.74, 6) is -0.808. The van der Waals surface area contributed by atoms with Crippen molar-refractivity contribution in [3.8, 4) is 0 Å². The van der Waals surface area contributed by atoms with Crippen LogP contribution in [0.4, 0.5) is 0 Å². The first-order chi connectivity index (χ1) is 9.97. The van der Waals surface area contributed by atoms with E-state index in [9.17, 15) is 9.59 Å². The molecule has 0 fully saturated rings. The minimum absolute atomic E-state index is 0.306. The molecule has 0 atom stereocenters. The zero-order valence-corrected chi connectivity index (χ0v) is 12.4. The molecule has 0 aromatic heterocycles. The Morgan fingerprint density at radius 1 is 1.05 bits per heavy atom. The quantitative estimate of drug-likeness (QED) is 0.908. The molecule has 6 heteroatoms. The van der Waals surface area contributed by atoms with Crippen LogP contribution in [0.3, 0.4) is 0 Å². The van der Waals surface area contributed by atoms with Crippen LogP contribution in [0.15, 0.2) is 42.5 Å². The Balaban J connectivity index is 2.04. The molecule has 0 radical (unpaired) electrons. The van der Waals surface area contributed by atoms with Crippen molar-refractivity contribution in [1.82, 2.24) is 5.32 Å². The average molecular weight is 323 g/mol. The SMILES string of the molecule is NC(=O)c1ccc(CNC(=O)c2cc(Cl)ccc2Cl)cc1. The summed E-state index contributed by atoms with van der Waals surface area (Å²) in [5, 5.41) is 3.51. The fourth-order valence-electron chi connectivity index (χ4n) is 1.74. The van der Waals surface area contributed by atoms with Gasteiger partial charge < -0.3 is 11.1 Å². The van der Waals surface area contributed by atoms with Crippen LogP contribution in [0.5, 0.6) is 0 Å². The maximum absolute atomic E-state index is 12.0. The molecular weight excluding hydrogens is 311 g/mol. The highest BCUT2D eigenvalue weighted by atomic mass is 35.5. The summed E-state index contributed by atoms with van der Waals surface area (Å²) in [7, 11) is 0. The van der Waals surface area contributed by atoms with Gasteiger partial charge in [0, 0.05) is 17.1 Å². The van der Waals surface area contributed by atoms with Crippen LogP contribution in [0.2, 0.25) is 10.0 Å². The van der Waals surface area contributed by atoms with Gasteiger partial charge in [-0.05, 0) is 35.9 Å². The number of nitrogens with one attached hydrogen (secondary N) is 1. The normalized spacial score (nSPS) is 10.2. The highest BCUT2D eigenvalue weighted by Gasteiger charge is 2.10. The topological polar surface area (TPSA) is 72.2 Å². The summed E-state index contributed by atoms with van der Waals surface area (Å²) in [6, 6.07) is 11.4. The molecule has 0 aliphatic carbocycles. The van der Waals surface area contributed by atoms with Crippen LogP contribution in [0.25, 0.3) is 0 Å². The van der Waals surface area contributed by atoms with E-state index in [0.29, 0.717) is 27.7 Å². The molecule has 0 unspecified atom stereocenters. The van der Waals surface area contributed by atoms with Gasteiger partial charge >= 0.3 is 0 Å². The van der Waals surface area contributed by atoms with Crippen molar-refractivity contribution in [2.75, 3.05) is 0 Å². The van der Waals surface area contributed by atoms with Gasteiger partial charge in [-0.3, -0.25) is 9.59 Å². The van der Waals surface area contributed by atoms with Crippen LogP contribution in [0, 0.1) is 0 Å². The summed E-state index contributed by atoms with van der Waals surface area (Å²) < 4.78 is 0. The Morgan fingerprint density at radius 3 is 2.33 bits per heavy atom. The van der Waals surface area contributed by atoms with E-state index in [0.717, 1.165) is 5.56 Å². The number of rotatable bonds is 4. The number of primary amides is 1. The van der Waals surface area contributed by atoms with Crippen LogP contribution < -0.4 is 11.1 Å². The third kappa shape index (κ3) is 3.97. The number of benzene rings is 2. The zero-order valence-electron chi connectivity index (χ0n) is 10.9. The Morgan fingerprint density at radius 2 is 1.71 bits per heavy atom. The lowest BCUT2D eigenvalue weighted by molar-refractivity contribution is 0.0949. The Bertz CT molecular complexity index is 685. The van der Waals surface area contributed by atoms with Crippen LogP contribution in [0.1, 0.15) is 26.3 Å². The van der Waals surface area contributed by atoms with Crippen LogP contribution >= 0.6 is 23.2 Å². The highest BCUT2D eigenvalue weighted by Crippen LogP contribution is 2.20. The number of halogens is 2. The van der Waals surface area contributed by atoms with E-state index in [1.807, 2.05) is 0 Å². The zero-order chi connectivity index (χ0) is 15.4. The number of hydrogen-bond donors (Lipinski definition) is 2. The van der Waals surface area contributed by atoms with Crippen LogP contribution in [-0.4, -0.2) is 11.8 Å². The van der Waals surface area contributed by atoms with Gasteiger partial charge in [0.05, 0.1) is 10.6 Å². The van der Waals surface area contributed by atoms with Gasteiger partial charge in [0.2, 0.25) is 5.91 Å². The largest absolute Gasteiger partial charge is 0.366 e. The van der Waals surface area contributed by atoms with E-state index in [1.54, 1.807) is 36.4 Å². The fraction of sp³-hybridized carbons (Fsp3) is 0.0667. The summed E-state index contributed by atoms with van der Waals surface area (Å²) in [6.45, 7) is 0.306. The molecule has 0 aliphatic rings. The third-order valence-electron chi connectivity index (χ3n) is 2.86. The molecule has 0 spiro atoms. The monoisotopic (exact) mass is 322 g/mol. The smallest absolute Gasteiger partial charge is 0.253 e. The molecule has 108 valence electrons. The molecule has 0 heterocycles. The lowest BCUT2D eigenvalue weighted by Gasteiger charge is -2.07. The predicted octanol–water partition coefficient (Wildman–Crippen LogP) is 3.02. The molecule has 2 aromatic rings. The lowest BCUT2D eigenvalue weighted by Crippen LogP contribution is -2.23. The second-order valence-electron chi connectivity index (χ2n) is 4.37. The standard InChI is InChI=1S/C15H12Cl2N2O2/c16-11-5-6-13(17)12(7-11)15(21)19-8-9-1-3-10(4-2-9)14(18)20/h1-7H,8H2,(H2,18,20)(H,19,21). The first kappa shape index (κ1) is 15.4.